The molecule has 0 aromatic rings. The minimum atomic E-state index is -1.07. The molecule has 0 radical (unpaired) electrons. The minimum absolute atomic E-state index is 0.00200. The lowest BCUT2D eigenvalue weighted by Gasteiger charge is -2.21. The van der Waals surface area contributed by atoms with Crippen LogP contribution >= 0.6 is 0 Å². The quantitative estimate of drug-likeness (QED) is 0.225. The number of hydrogen-bond donors (Lipinski definition) is 5. The predicted octanol–water partition coefficient (Wildman–Crippen LogP) is 0.426. The number of unbranched alkanes of at least 4 members (excludes halogenated alkanes) is 1. The highest BCUT2D eigenvalue weighted by molar-refractivity contribution is 5.86. The largest absolute Gasteiger partial charge is 0.480 e. The highest BCUT2D eigenvalue weighted by Crippen LogP contribution is 2.08. The summed E-state index contributed by atoms with van der Waals surface area (Å²) in [5.74, 6) is -1.42. The third-order valence-corrected chi connectivity index (χ3v) is 3.36. The van der Waals surface area contributed by atoms with E-state index in [0.29, 0.717) is 25.7 Å². The Balaban J connectivity index is 4.30. The molecule has 1 amide bonds. The summed E-state index contributed by atoms with van der Waals surface area (Å²) in [5, 5.41) is 18.6. The van der Waals surface area contributed by atoms with E-state index < -0.39 is 24.0 Å². The first-order valence-corrected chi connectivity index (χ1v) is 6.91. The molecule has 7 nitrogen and oxygen atoms in total. The van der Waals surface area contributed by atoms with E-state index in [9.17, 15) is 9.59 Å². The van der Waals surface area contributed by atoms with Crippen molar-refractivity contribution in [1.82, 2.24) is 5.32 Å². The highest BCUT2D eigenvalue weighted by Gasteiger charge is 2.25. The maximum Gasteiger partial charge on any atom is 0.326 e. The summed E-state index contributed by atoms with van der Waals surface area (Å²) in [5.41, 5.74) is 11.0. The fraction of sp³-hybridized carbons (Fsp3) is 0.769. The number of nitrogens with two attached hydrogens (primary N) is 2. The van der Waals surface area contributed by atoms with Crippen LogP contribution in [-0.4, -0.2) is 34.9 Å². The number of amides is 1. The van der Waals surface area contributed by atoms with Crippen LogP contribution in [0.15, 0.2) is 0 Å². The summed E-state index contributed by atoms with van der Waals surface area (Å²) in [6, 6.07) is -1.64. The molecule has 0 saturated heterocycles. The second-order valence-electron chi connectivity index (χ2n) is 5.08. The van der Waals surface area contributed by atoms with Crippen LogP contribution in [0.25, 0.3) is 0 Å². The van der Waals surface area contributed by atoms with E-state index >= 15 is 0 Å². The van der Waals surface area contributed by atoms with Crippen molar-refractivity contribution < 1.29 is 14.7 Å². The summed E-state index contributed by atoms with van der Waals surface area (Å²) in [6.45, 7) is 3.78. The second kappa shape index (κ2) is 9.30. The van der Waals surface area contributed by atoms with E-state index in [0.717, 1.165) is 6.42 Å². The van der Waals surface area contributed by atoms with Crippen LogP contribution in [0.4, 0.5) is 0 Å². The van der Waals surface area contributed by atoms with Gasteiger partial charge in [-0.3, -0.25) is 10.2 Å². The molecular weight excluding hydrogens is 260 g/mol. The monoisotopic (exact) mass is 286 g/mol. The Morgan fingerprint density at radius 1 is 1.35 bits per heavy atom. The van der Waals surface area contributed by atoms with E-state index in [-0.39, 0.29) is 11.8 Å². The Bertz CT molecular complexity index is 347. The average molecular weight is 286 g/mol. The van der Waals surface area contributed by atoms with Crippen LogP contribution < -0.4 is 16.8 Å². The van der Waals surface area contributed by atoms with Gasteiger partial charge in [0.25, 0.3) is 0 Å². The molecule has 0 heterocycles. The molecule has 116 valence electrons. The molecule has 0 aliphatic rings. The summed E-state index contributed by atoms with van der Waals surface area (Å²) in [4.78, 5) is 22.9. The van der Waals surface area contributed by atoms with Crippen molar-refractivity contribution in [3.8, 4) is 0 Å². The van der Waals surface area contributed by atoms with Crippen molar-refractivity contribution in [2.75, 3.05) is 0 Å². The van der Waals surface area contributed by atoms with Crippen molar-refractivity contribution in [2.45, 2.75) is 58.0 Å². The molecule has 3 unspecified atom stereocenters. The number of carbonyl (C=O) groups is 2. The average Bonchev–Trinajstić information content (AvgIpc) is 2.39. The van der Waals surface area contributed by atoms with Crippen molar-refractivity contribution in [2.24, 2.45) is 17.4 Å². The van der Waals surface area contributed by atoms with Gasteiger partial charge in [0, 0.05) is 6.42 Å². The van der Waals surface area contributed by atoms with E-state index in [1.165, 1.54) is 0 Å². The van der Waals surface area contributed by atoms with Gasteiger partial charge in [-0.25, -0.2) is 4.79 Å². The summed E-state index contributed by atoms with van der Waals surface area (Å²) in [6.07, 6.45) is 2.71. The molecule has 0 saturated carbocycles. The van der Waals surface area contributed by atoms with E-state index in [4.69, 9.17) is 22.0 Å². The zero-order valence-corrected chi connectivity index (χ0v) is 12.2. The molecular formula is C13H26N4O3. The lowest BCUT2D eigenvalue weighted by Crippen LogP contribution is -2.50. The minimum Gasteiger partial charge on any atom is -0.480 e. The van der Waals surface area contributed by atoms with Gasteiger partial charge >= 0.3 is 5.97 Å². The number of amidine groups is 1. The van der Waals surface area contributed by atoms with E-state index in [1.54, 1.807) is 0 Å². The van der Waals surface area contributed by atoms with Crippen LogP contribution in [0.5, 0.6) is 0 Å². The Hall–Kier alpha value is -1.63. The zero-order valence-electron chi connectivity index (χ0n) is 12.2. The van der Waals surface area contributed by atoms with Gasteiger partial charge in [-0.2, -0.15) is 0 Å². The van der Waals surface area contributed by atoms with Gasteiger partial charge < -0.3 is 21.9 Å². The maximum absolute atomic E-state index is 11.8. The van der Waals surface area contributed by atoms with Crippen LogP contribution in [0.2, 0.25) is 0 Å². The smallest absolute Gasteiger partial charge is 0.326 e. The fourth-order valence-corrected chi connectivity index (χ4v) is 1.70. The Kier molecular flexibility index (Phi) is 8.54. The first-order valence-electron chi connectivity index (χ1n) is 6.91. The van der Waals surface area contributed by atoms with E-state index in [2.05, 4.69) is 5.32 Å². The standard InChI is InChI=1S/C13H26N4O3/c1-3-8(2)11(16)12(18)17-9(13(19)20)6-4-5-7-10(14)15/h8-9,11H,3-7,16H2,1-2H3,(H3,14,15)(H,17,18)(H,19,20). The maximum atomic E-state index is 11.8. The number of rotatable bonds is 10. The number of carboxylic acids is 1. The van der Waals surface area contributed by atoms with Crippen molar-refractivity contribution >= 4 is 17.7 Å². The van der Waals surface area contributed by atoms with Crippen LogP contribution in [0.3, 0.4) is 0 Å². The molecule has 0 aromatic heterocycles. The van der Waals surface area contributed by atoms with Gasteiger partial charge in [0.2, 0.25) is 5.91 Å². The normalized spacial score (nSPS) is 15.2. The third-order valence-electron chi connectivity index (χ3n) is 3.36. The molecule has 0 aliphatic carbocycles. The first kappa shape index (κ1) is 18.4. The predicted molar refractivity (Wildman–Crippen MR) is 77.4 cm³/mol. The molecule has 3 atom stereocenters. The molecule has 0 fully saturated rings. The van der Waals surface area contributed by atoms with Crippen LogP contribution in [-0.2, 0) is 9.59 Å². The van der Waals surface area contributed by atoms with Gasteiger partial charge in [0.05, 0.1) is 11.9 Å². The number of aliphatic carboxylic acids is 1. The lowest BCUT2D eigenvalue weighted by molar-refractivity contribution is -0.142. The number of nitrogens with one attached hydrogen (secondary N) is 2. The zero-order chi connectivity index (χ0) is 15.7. The highest BCUT2D eigenvalue weighted by atomic mass is 16.4. The molecule has 0 rings (SSSR count). The summed E-state index contributed by atoms with van der Waals surface area (Å²) >= 11 is 0. The number of carboxylic acid groups (broad SMARTS) is 1. The fourth-order valence-electron chi connectivity index (χ4n) is 1.70. The summed E-state index contributed by atoms with van der Waals surface area (Å²) in [7, 11) is 0. The molecule has 20 heavy (non-hydrogen) atoms. The Morgan fingerprint density at radius 2 is 1.95 bits per heavy atom. The lowest BCUT2D eigenvalue weighted by atomic mass is 9.98. The van der Waals surface area contributed by atoms with E-state index in [1.807, 2.05) is 13.8 Å². The molecule has 7 N–H and O–H groups in total. The van der Waals surface area contributed by atoms with Gasteiger partial charge in [0.1, 0.15) is 6.04 Å². The van der Waals surface area contributed by atoms with Crippen molar-refractivity contribution in [3.05, 3.63) is 0 Å². The Labute approximate surface area is 119 Å². The van der Waals surface area contributed by atoms with Gasteiger partial charge in [-0.15, -0.1) is 0 Å². The number of carbonyl (C=O) groups excluding carboxylic acids is 1. The van der Waals surface area contributed by atoms with Gasteiger partial charge in [-0.05, 0) is 18.8 Å². The summed E-state index contributed by atoms with van der Waals surface area (Å²) < 4.78 is 0. The first-order chi connectivity index (χ1) is 9.29. The van der Waals surface area contributed by atoms with Crippen molar-refractivity contribution in [1.29, 1.82) is 5.41 Å². The SMILES string of the molecule is CCC(C)C(N)C(=O)NC(CCCCC(=N)N)C(=O)O. The van der Waals surface area contributed by atoms with Gasteiger partial charge in [-0.1, -0.05) is 26.7 Å². The van der Waals surface area contributed by atoms with Crippen LogP contribution in [0.1, 0.15) is 46.0 Å². The molecule has 0 aromatic carbocycles. The molecule has 7 heteroatoms. The third kappa shape index (κ3) is 7.08. The molecule has 0 bridgehead atoms. The number of hydrogen-bond acceptors (Lipinski definition) is 4. The molecule has 0 aliphatic heterocycles. The van der Waals surface area contributed by atoms with Gasteiger partial charge in [0.15, 0.2) is 0 Å². The van der Waals surface area contributed by atoms with Crippen molar-refractivity contribution in [3.63, 3.8) is 0 Å². The van der Waals surface area contributed by atoms with Crippen LogP contribution in [0, 0.1) is 11.3 Å². The Morgan fingerprint density at radius 3 is 2.40 bits per heavy atom. The topological polar surface area (TPSA) is 142 Å². The second-order valence-corrected chi connectivity index (χ2v) is 5.08. The molecule has 0 spiro atoms.